The minimum Gasteiger partial charge on any atom is -0.461 e. The molecule has 2 aromatic rings. The first-order valence-electron chi connectivity index (χ1n) is 10.7. The second kappa shape index (κ2) is 9.05. The first-order valence-corrected chi connectivity index (χ1v) is 10.7. The Morgan fingerprint density at radius 2 is 1.75 bits per heavy atom. The van der Waals surface area contributed by atoms with Crippen LogP contribution in [-0.4, -0.2) is 60.3 Å². The number of hydrogen-bond acceptors (Lipinski definition) is 6. The molecule has 0 spiro atoms. The normalized spacial score (nSPS) is 21.9. The molecule has 0 amide bonds. The molecule has 0 aliphatic carbocycles. The molecule has 6 heteroatoms. The Bertz CT molecular complexity index is 774. The highest BCUT2D eigenvalue weighted by atomic mass is 16.5. The van der Waals surface area contributed by atoms with E-state index in [1.807, 2.05) is 24.3 Å². The molecule has 1 aromatic heterocycles. The lowest BCUT2D eigenvalue weighted by Gasteiger charge is -2.33. The molecule has 6 nitrogen and oxygen atoms in total. The number of carbonyl (C=O) groups is 1. The van der Waals surface area contributed by atoms with Gasteiger partial charge in [-0.25, -0.2) is 4.79 Å². The highest BCUT2D eigenvalue weighted by molar-refractivity contribution is 5.87. The SMILES string of the molecule is CN1CCC(OC(=O)C(c2noc3ccccc23)N2CCCCCCC2)CC1. The third-order valence-electron chi connectivity index (χ3n) is 6.09. The number of benzene rings is 1. The van der Waals surface area contributed by atoms with E-state index in [9.17, 15) is 4.79 Å². The van der Waals surface area contributed by atoms with Gasteiger partial charge in [0, 0.05) is 18.5 Å². The van der Waals surface area contributed by atoms with Gasteiger partial charge >= 0.3 is 5.97 Å². The zero-order chi connectivity index (χ0) is 19.3. The Morgan fingerprint density at radius 1 is 1.07 bits per heavy atom. The van der Waals surface area contributed by atoms with Gasteiger partial charge in [-0.15, -0.1) is 0 Å². The molecule has 0 N–H and O–H groups in total. The van der Waals surface area contributed by atoms with Crippen LogP contribution in [0.1, 0.15) is 56.7 Å². The first kappa shape index (κ1) is 19.4. The van der Waals surface area contributed by atoms with E-state index in [0.29, 0.717) is 5.69 Å². The molecule has 1 atom stereocenters. The summed E-state index contributed by atoms with van der Waals surface area (Å²) in [6, 6.07) is 7.30. The van der Waals surface area contributed by atoms with Gasteiger partial charge in [0.2, 0.25) is 0 Å². The van der Waals surface area contributed by atoms with E-state index in [4.69, 9.17) is 9.26 Å². The second-order valence-corrected chi connectivity index (χ2v) is 8.21. The minimum absolute atomic E-state index is 0.000814. The molecule has 28 heavy (non-hydrogen) atoms. The summed E-state index contributed by atoms with van der Waals surface area (Å²) in [5.41, 5.74) is 1.43. The summed E-state index contributed by atoms with van der Waals surface area (Å²) in [6.07, 6.45) is 7.72. The summed E-state index contributed by atoms with van der Waals surface area (Å²) < 4.78 is 11.6. The number of hydrogen-bond donors (Lipinski definition) is 0. The van der Waals surface area contributed by atoms with Crippen molar-refractivity contribution in [2.45, 2.75) is 57.1 Å². The maximum atomic E-state index is 13.4. The molecule has 2 fully saturated rings. The van der Waals surface area contributed by atoms with E-state index in [0.717, 1.165) is 62.8 Å². The van der Waals surface area contributed by atoms with E-state index >= 15 is 0 Å². The van der Waals surface area contributed by atoms with Gasteiger partial charge in [0.05, 0.1) is 0 Å². The van der Waals surface area contributed by atoms with Gasteiger partial charge in [0.25, 0.3) is 0 Å². The molecule has 0 radical (unpaired) electrons. The van der Waals surface area contributed by atoms with Crippen molar-refractivity contribution in [2.24, 2.45) is 0 Å². The van der Waals surface area contributed by atoms with E-state index in [-0.39, 0.29) is 12.1 Å². The minimum atomic E-state index is -0.485. The summed E-state index contributed by atoms with van der Waals surface area (Å²) >= 11 is 0. The number of carbonyl (C=O) groups excluding carboxylic acids is 1. The molecule has 2 saturated heterocycles. The largest absolute Gasteiger partial charge is 0.461 e. The average Bonchev–Trinajstić information content (AvgIpc) is 3.09. The number of esters is 1. The van der Waals surface area contributed by atoms with Crippen molar-refractivity contribution in [1.82, 2.24) is 15.0 Å². The van der Waals surface area contributed by atoms with Gasteiger partial charge in [-0.1, -0.05) is 36.6 Å². The highest BCUT2D eigenvalue weighted by Gasteiger charge is 2.35. The smallest absolute Gasteiger partial charge is 0.330 e. The summed E-state index contributed by atoms with van der Waals surface area (Å²) in [4.78, 5) is 17.9. The van der Waals surface area contributed by atoms with Crippen LogP contribution in [0.15, 0.2) is 28.8 Å². The Hall–Kier alpha value is -1.92. The molecule has 0 bridgehead atoms. The van der Waals surface area contributed by atoms with E-state index in [2.05, 4.69) is 22.0 Å². The molecular formula is C22H31N3O3. The van der Waals surface area contributed by atoms with Crippen molar-refractivity contribution in [3.8, 4) is 0 Å². The van der Waals surface area contributed by atoms with E-state index in [1.165, 1.54) is 19.3 Å². The lowest BCUT2D eigenvalue weighted by molar-refractivity contribution is -0.158. The molecule has 2 aliphatic heterocycles. The fourth-order valence-corrected chi connectivity index (χ4v) is 4.40. The van der Waals surface area contributed by atoms with Crippen LogP contribution in [0.25, 0.3) is 11.0 Å². The molecular weight excluding hydrogens is 354 g/mol. The van der Waals surface area contributed by atoms with E-state index in [1.54, 1.807) is 0 Å². The van der Waals surface area contributed by atoms with Gasteiger partial charge in [-0.2, -0.15) is 0 Å². The zero-order valence-corrected chi connectivity index (χ0v) is 16.8. The third-order valence-corrected chi connectivity index (χ3v) is 6.09. The quantitative estimate of drug-likeness (QED) is 0.747. The lowest BCUT2D eigenvalue weighted by atomic mass is 10.0. The molecule has 2 aliphatic rings. The van der Waals surface area contributed by atoms with Crippen LogP contribution in [0.3, 0.4) is 0 Å². The predicted octanol–water partition coefficient (Wildman–Crippen LogP) is 3.77. The van der Waals surface area contributed by atoms with Crippen molar-refractivity contribution >= 4 is 16.9 Å². The maximum Gasteiger partial charge on any atom is 0.330 e. The Morgan fingerprint density at radius 3 is 2.50 bits per heavy atom. The lowest BCUT2D eigenvalue weighted by Crippen LogP contribution is -2.41. The van der Waals surface area contributed by atoms with Gasteiger partial charge in [-0.3, -0.25) is 4.90 Å². The van der Waals surface area contributed by atoms with Crippen molar-refractivity contribution in [3.63, 3.8) is 0 Å². The Kier molecular flexibility index (Phi) is 6.27. The Labute approximate surface area is 166 Å². The summed E-state index contributed by atoms with van der Waals surface area (Å²) in [7, 11) is 2.11. The zero-order valence-electron chi connectivity index (χ0n) is 16.8. The molecule has 152 valence electrons. The van der Waals surface area contributed by atoms with Crippen molar-refractivity contribution < 1.29 is 14.1 Å². The molecule has 1 aromatic carbocycles. The van der Waals surface area contributed by atoms with Crippen molar-refractivity contribution in [1.29, 1.82) is 0 Å². The van der Waals surface area contributed by atoms with Crippen LogP contribution in [-0.2, 0) is 9.53 Å². The van der Waals surface area contributed by atoms with Crippen molar-refractivity contribution in [3.05, 3.63) is 30.0 Å². The molecule has 1 unspecified atom stereocenters. The Balaban J connectivity index is 1.59. The number of ether oxygens (including phenoxy) is 1. The predicted molar refractivity (Wildman–Crippen MR) is 108 cm³/mol. The standard InChI is InChI=1S/C22H31N3O3/c1-24-15-11-17(12-16-24)27-22(26)21(25-13-7-3-2-4-8-14-25)20-18-9-5-6-10-19(18)28-23-20/h5-6,9-10,17,21H,2-4,7-8,11-16H2,1H3. The van der Waals surface area contributed by atoms with Gasteiger partial charge in [0.1, 0.15) is 11.8 Å². The molecule has 3 heterocycles. The topological polar surface area (TPSA) is 58.8 Å². The fraction of sp³-hybridized carbons (Fsp3) is 0.636. The van der Waals surface area contributed by atoms with Crippen LogP contribution in [0.5, 0.6) is 0 Å². The van der Waals surface area contributed by atoms with Gasteiger partial charge < -0.3 is 14.2 Å². The molecule has 4 rings (SSSR count). The number of piperidine rings is 1. The number of likely N-dealkylation sites (tertiary alicyclic amines) is 2. The van der Waals surface area contributed by atoms with Crippen LogP contribution in [0.2, 0.25) is 0 Å². The van der Waals surface area contributed by atoms with Crippen LogP contribution < -0.4 is 0 Å². The van der Waals surface area contributed by atoms with Gasteiger partial charge in [0.15, 0.2) is 11.6 Å². The van der Waals surface area contributed by atoms with E-state index < -0.39 is 6.04 Å². The summed E-state index contributed by atoms with van der Waals surface area (Å²) in [5.74, 6) is -0.172. The van der Waals surface area contributed by atoms with Crippen LogP contribution >= 0.6 is 0 Å². The summed E-state index contributed by atoms with van der Waals surface area (Å²) in [5, 5.41) is 5.24. The van der Waals surface area contributed by atoms with Crippen molar-refractivity contribution in [2.75, 3.05) is 33.2 Å². The number of aromatic nitrogens is 1. The van der Waals surface area contributed by atoms with Crippen LogP contribution in [0.4, 0.5) is 0 Å². The first-order chi connectivity index (χ1) is 13.7. The fourth-order valence-electron chi connectivity index (χ4n) is 4.40. The molecule has 0 saturated carbocycles. The second-order valence-electron chi connectivity index (χ2n) is 8.21. The van der Waals surface area contributed by atoms with Gasteiger partial charge in [-0.05, 0) is 58.0 Å². The van der Waals surface area contributed by atoms with Crippen LogP contribution in [0, 0.1) is 0 Å². The number of nitrogens with zero attached hydrogens (tertiary/aromatic N) is 3. The number of para-hydroxylation sites is 1. The number of fused-ring (bicyclic) bond motifs is 1. The monoisotopic (exact) mass is 385 g/mol. The average molecular weight is 386 g/mol. The number of rotatable bonds is 4. The maximum absolute atomic E-state index is 13.4. The summed E-state index contributed by atoms with van der Waals surface area (Å²) in [6.45, 7) is 3.74. The highest BCUT2D eigenvalue weighted by Crippen LogP contribution is 2.31. The third kappa shape index (κ3) is 4.39.